The van der Waals surface area contributed by atoms with Crippen LogP contribution in [0.1, 0.15) is 51.9 Å². The van der Waals surface area contributed by atoms with Gasteiger partial charge in [-0.3, -0.25) is 9.69 Å². The lowest BCUT2D eigenvalue weighted by Gasteiger charge is -2.41. The Morgan fingerprint density at radius 2 is 1.65 bits per heavy atom. The molecule has 0 aromatic rings. The molecule has 0 bridgehead atoms. The van der Waals surface area contributed by atoms with E-state index >= 15 is 0 Å². The zero-order valence-corrected chi connectivity index (χ0v) is 15.2. The van der Waals surface area contributed by atoms with E-state index in [2.05, 4.69) is 28.7 Å². The number of carbonyl (C=O) groups is 1. The molecule has 2 heterocycles. The van der Waals surface area contributed by atoms with Crippen molar-refractivity contribution in [1.29, 1.82) is 0 Å². The molecule has 3 fully saturated rings. The van der Waals surface area contributed by atoms with Gasteiger partial charge in [-0.1, -0.05) is 12.8 Å². The van der Waals surface area contributed by atoms with E-state index in [1.54, 1.807) is 0 Å². The Morgan fingerprint density at radius 3 is 2.30 bits per heavy atom. The standard InChI is InChI=1S/C19H35N3O/c1-16-14-20(2)11-12-22(16)15-18-7-9-21(10-8-18)19(23)13-17-5-3-4-6-17/h16-18H,3-15H2,1-2H3. The highest BCUT2D eigenvalue weighted by atomic mass is 16.2. The monoisotopic (exact) mass is 321 g/mol. The Bertz CT molecular complexity index is 386. The largest absolute Gasteiger partial charge is 0.343 e. The summed E-state index contributed by atoms with van der Waals surface area (Å²) in [6.07, 6.45) is 8.46. The van der Waals surface area contributed by atoms with Crippen molar-refractivity contribution in [2.24, 2.45) is 11.8 Å². The third kappa shape index (κ3) is 4.69. The van der Waals surface area contributed by atoms with E-state index in [1.807, 2.05) is 0 Å². The zero-order chi connectivity index (χ0) is 16.2. The van der Waals surface area contributed by atoms with Gasteiger partial charge in [0.05, 0.1) is 0 Å². The second-order valence-corrected chi connectivity index (χ2v) is 8.28. The molecule has 0 radical (unpaired) electrons. The number of amides is 1. The first-order valence-electron chi connectivity index (χ1n) is 9.82. The average molecular weight is 322 g/mol. The van der Waals surface area contributed by atoms with E-state index in [4.69, 9.17) is 0 Å². The summed E-state index contributed by atoms with van der Waals surface area (Å²) >= 11 is 0. The molecular formula is C19H35N3O. The molecule has 0 aromatic heterocycles. The van der Waals surface area contributed by atoms with Crippen LogP contribution in [0.2, 0.25) is 0 Å². The van der Waals surface area contributed by atoms with Gasteiger partial charge in [-0.15, -0.1) is 0 Å². The summed E-state index contributed by atoms with van der Waals surface area (Å²) in [6.45, 7) is 9.19. The summed E-state index contributed by atoms with van der Waals surface area (Å²) in [7, 11) is 2.22. The summed E-state index contributed by atoms with van der Waals surface area (Å²) < 4.78 is 0. The summed E-state index contributed by atoms with van der Waals surface area (Å²) in [5, 5.41) is 0. The predicted molar refractivity (Wildman–Crippen MR) is 94.4 cm³/mol. The number of piperazine rings is 1. The lowest BCUT2D eigenvalue weighted by Crippen LogP contribution is -2.52. The van der Waals surface area contributed by atoms with Crippen LogP contribution in [0.15, 0.2) is 0 Å². The van der Waals surface area contributed by atoms with Crippen LogP contribution < -0.4 is 0 Å². The summed E-state index contributed by atoms with van der Waals surface area (Å²) in [5.74, 6) is 1.91. The molecule has 132 valence electrons. The topological polar surface area (TPSA) is 26.8 Å². The number of hydrogen-bond acceptors (Lipinski definition) is 3. The second-order valence-electron chi connectivity index (χ2n) is 8.28. The maximum absolute atomic E-state index is 12.4. The molecule has 4 nitrogen and oxygen atoms in total. The van der Waals surface area contributed by atoms with Gasteiger partial charge >= 0.3 is 0 Å². The van der Waals surface area contributed by atoms with Crippen LogP contribution in [-0.4, -0.2) is 73.0 Å². The Kier molecular flexibility index (Phi) is 5.97. The minimum Gasteiger partial charge on any atom is -0.343 e. The van der Waals surface area contributed by atoms with Crippen molar-refractivity contribution in [1.82, 2.24) is 14.7 Å². The van der Waals surface area contributed by atoms with Gasteiger partial charge in [-0.2, -0.15) is 0 Å². The highest BCUT2D eigenvalue weighted by molar-refractivity contribution is 5.76. The van der Waals surface area contributed by atoms with Crippen molar-refractivity contribution in [2.45, 2.75) is 57.9 Å². The summed E-state index contributed by atoms with van der Waals surface area (Å²) in [4.78, 5) is 19.7. The maximum atomic E-state index is 12.4. The van der Waals surface area contributed by atoms with Gasteiger partial charge in [0.2, 0.25) is 5.91 Å². The Labute approximate surface area is 142 Å². The first-order valence-corrected chi connectivity index (χ1v) is 9.82. The van der Waals surface area contributed by atoms with E-state index in [-0.39, 0.29) is 0 Å². The first-order chi connectivity index (χ1) is 11.1. The fraction of sp³-hybridized carbons (Fsp3) is 0.947. The van der Waals surface area contributed by atoms with Crippen LogP contribution in [-0.2, 0) is 4.79 Å². The van der Waals surface area contributed by atoms with Crippen molar-refractivity contribution in [2.75, 3.05) is 46.3 Å². The number of likely N-dealkylation sites (tertiary alicyclic amines) is 1. The van der Waals surface area contributed by atoms with Gasteiger partial charge in [0.25, 0.3) is 0 Å². The normalized spacial score (nSPS) is 29.3. The number of piperidine rings is 1. The number of rotatable bonds is 4. The highest BCUT2D eigenvalue weighted by Gasteiger charge is 2.29. The van der Waals surface area contributed by atoms with Crippen LogP contribution >= 0.6 is 0 Å². The lowest BCUT2D eigenvalue weighted by atomic mass is 9.94. The molecule has 0 spiro atoms. The van der Waals surface area contributed by atoms with Crippen LogP contribution in [0.4, 0.5) is 0 Å². The van der Waals surface area contributed by atoms with Crippen LogP contribution in [0.3, 0.4) is 0 Å². The van der Waals surface area contributed by atoms with Gasteiger partial charge in [0.15, 0.2) is 0 Å². The third-order valence-corrected chi connectivity index (χ3v) is 6.37. The zero-order valence-electron chi connectivity index (χ0n) is 15.2. The van der Waals surface area contributed by atoms with E-state index < -0.39 is 0 Å². The summed E-state index contributed by atoms with van der Waals surface area (Å²) in [5.41, 5.74) is 0. The SMILES string of the molecule is CC1CN(C)CCN1CC1CCN(C(=O)CC2CCCC2)CC1. The van der Waals surface area contributed by atoms with Crippen LogP contribution in [0, 0.1) is 11.8 Å². The van der Waals surface area contributed by atoms with Crippen molar-refractivity contribution in [3.05, 3.63) is 0 Å². The minimum absolute atomic E-state index is 0.434. The molecule has 23 heavy (non-hydrogen) atoms. The van der Waals surface area contributed by atoms with Crippen molar-refractivity contribution >= 4 is 5.91 Å². The molecule has 2 saturated heterocycles. The van der Waals surface area contributed by atoms with Crippen molar-refractivity contribution in [3.8, 4) is 0 Å². The highest BCUT2D eigenvalue weighted by Crippen LogP contribution is 2.29. The van der Waals surface area contributed by atoms with Crippen molar-refractivity contribution in [3.63, 3.8) is 0 Å². The minimum atomic E-state index is 0.434. The Balaban J connectivity index is 1.38. The fourth-order valence-electron chi connectivity index (χ4n) is 4.74. The predicted octanol–water partition coefficient (Wildman–Crippen LogP) is 2.44. The smallest absolute Gasteiger partial charge is 0.222 e. The lowest BCUT2D eigenvalue weighted by molar-refractivity contribution is -0.133. The molecular weight excluding hydrogens is 286 g/mol. The average Bonchev–Trinajstić information content (AvgIpc) is 3.04. The molecule has 1 aliphatic carbocycles. The molecule has 3 rings (SSSR count). The molecule has 0 N–H and O–H groups in total. The molecule has 1 saturated carbocycles. The molecule has 3 aliphatic rings. The molecule has 2 aliphatic heterocycles. The molecule has 0 aromatic carbocycles. The van der Waals surface area contributed by atoms with Gasteiger partial charge in [0.1, 0.15) is 0 Å². The molecule has 1 atom stereocenters. The maximum Gasteiger partial charge on any atom is 0.222 e. The fourth-order valence-corrected chi connectivity index (χ4v) is 4.74. The Morgan fingerprint density at radius 1 is 0.957 bits per heavy atom. The van der Waals surface area contributed by atoms with Gasteiger partial charge in [-0.25, -0.2) is 0 Å². The second kappa shape index (κ2) is 7.98. The van der Waals surface area contributed by atoms with Crippen LogP contribution in [0.25, 0.3) is 0 Å². The van der Waals surface area contributed by atoms with Crippen molar-refractivity contribution < 1.29 is 4.79 Å². The third-order valence-electron chi connectivity index (χ3n) is 6.37. The van der Waals surface area contributed by atoms with E-state index in [0.29, 0.717) is 17.9 Å². The number of carbonyl (C=O) groups excluding carboxylic acids is 1. The quantitative estimate of drug-likeness (QED) is 0.796. The van der Waals surface area contributed by atoms with E-state index in [0.717, 1.165) is 25.4 Å². The molecule has 1 unspecified atom stereocenters. The first kappa shape index (κ1) is 17.2. The van der Waals surface area contributed by atoms with Gasteiger partial charge in [-0.05, 0) is 51.5 Å². The summed E-state index contributed by atoms with van der Waals surface area (Å²) in [6, 6.07) is 0.677. The van der Waals surface area contributed by atoms with Gasteiger partial charge in [0, 0.05) is 51.7 Å². The van der Waals surface area contributed by atoms with E-state index in [1.165, 1.54) is 64.7 Å². The van der Waals surface area contributed by atoms with Gasteiger partial charge < -0.3 is 9.80 Å². The molecule has 4 heteroatoms. The number of hydrogen-bond donors (Lipinski definition) is 0. The molecule has 1 amide bonds. The Hall–Kier alpha value is -0.610. The van der Waals surface area contributed by atoms with Crippen LogP contribution in [0.5, 0.6) is 0 Å². The van der Waals surface area contributed by atoms with E-state index in [9.17, 15) is 4.79 Å². The number of nitrogens with zero attached hydrogens (tertiary/aromatic N) is 3. The number of likely N-dealkylation sites (N-methyl/N-ethyl adjacent to an activating group) is 1.